The second-order valence-corrected chi connectivity index (χ2v) is 2.80. The van der Waals surface area contributed by atoms with Crippen LogP contribution in [-0.4, -0.2) is 11.2 Å². The van der Waals surface area contributed by atoms with Crippen LogP contribution in [0.3, 0.4) is 0 Å². The number of hydrogen-bond donors (Lipinski definition) is 1. The normalized spacial score (nSPS) is 57.0. The molecular formula is C6H10O. The van der Waals surface area contributed by atoms with Crippen LogP contribution in [-0.2, 0) is 0 Å². The van der Waals surface area contributed by atoms with Crippen LogP contribution in [0, 0.1) is 11.8 Å². The Hall–Kier alpha value is -0.0400. The number of rotatable bonds is 0. The molecule has 0 aliphatic heterocycles. The lowest BCUT2D eigenvalue weighted by molar-refractivity contribution is -0.0951. The highest BCUT2D eigenvalue weighted by Gasteiger charge is 2.45. The van der Waals surface area contributed by atoms with Crippen molar-refractivity contribution in [2.24, 2.45) is 11.8 Å². The van der Waals surface area contributed by atoms with Gasteiger partial charge in [0.15, 0.2) is 0 Å². The Morgan fingerprint density at radius 2 is 2.14 bits per heavy atom. The van der Waals surface area contributed by atoms with Crippen LogP contribution in [0.1, 0.15) is 19.3 Å². The van der Waals surface area contributed by atoms with Gasteiger partial charge in [0.1, 0.15) is 0 Å². The highest BCUT2D eigenvalue weighted by atomic mass is 16.3. The van der Waals surface area contributed by atoms with Gasteiger partial charge < -0.3 is 5.11 Å². The molecule has 1 heteroatoms. The average Bonchev–Trinajstić information content (AvgIpc) is 1.59. The van der Waals surface area contributed by atoms with Crippen molar-refractivity contribution in [3.05, 3.63) is 0 Å². The maximum absolute atomic E-state index is 8.94. The quantitative estimate of drug-likeness (QED) is 0.474. The molecule has 3 atom stereocenters. The lowest BCUT2D eigenvalue weighted by Crippen LogP contribution is -2.48. The Kier molecular flexibility index (Phi) is 0.571. The minimum Gasteiger partial charge on any atom is -0.393 e. The monoisotopic (exact) mass is 98.1 g/mol. The van der Waals surface area contributed by atoms with Crippen LogP contribution < -0.4 is 0 Å². The molecule has 0 bridgehead atoms. The number of aliphatic hydroxyl groups excluding tert-OH is 1. The van der Waals surface area contributed by atoms with Crippen molar-refractivity contribution >= 4 is 0 Å². The highest BCUT2D eigenvalue weighted by molar-refractivity contribution is 4.96. The van der Waals surface area contributed by atoms with Crippen molar-refractivity contribution in [2.75, 3.05) is 0 Å². The summed E-state index contributed by atoms with van der Waals surface area (Å²) in [4.78, 5) is 0. The van der Waals surface area contributed by atoms with Gasteiger partial charge in [-0.15, -0.1) is 0 Å². The van der Waals surface area contributed by atoms with E-state index in [1.165, 1.54) is 12.8 Å². The van der Waals surface area contributed by atoms with Gasteiger partial charge in [0, 0.05) is 0 Å². The third kappa shape index (κ3) is 0.325. The predicted octanol–water partition coefficient (Wildman–Crippen LogP) is 0.777. The van der Waals surface area contributed by atoms with Crippen LogP contribution in [0.2, 0.25) is 0 Å². The van der Waals surface area contributed by atoms with Gasteiger partial charge >= 0.3 is 0 Å². The molecule has 0 aromatic rings. The van der Waals surface area contributed by atoms with Crippen molar-refractivity contribution in [3.8, 4) is 0 Å². The first-order chi connectivity index (χ1) is 3.38. The summed E-state index contributed by atoms with van der Waals surface area (Å²) in [6.07, 6.45) is 3.89. The number of hydrogen-bond acceptors (Lipinski definition) is 1. The molecule has 0 spiro atoms. The summed E-state index contributed by atoms with van der Waals surface area (Å²) in [5, 5.41) is 8.94. The van der Waals surface area contributed by atoms with Crippen molar-refractivity contribution in [3.63, 3.8) is 0 Å². The Morgan fingerprint density at radius 3 is 2.14 bits per heavy atom. The van der Waals surface area contributed by atoms with Crippen LogP contribution >= 0.6 is 0 Å². The van der Waals surface area contributed by atoms with Crippen LogP contribution in [0.15, 0.2) is 0 Å². The smallest absolute Gasteiger partial charge is 0.0573 e. The van der Waals surface area contributed by atoms with E-state index in [0.29, 0.717) is 0 Å². The molecule has 1 N–H and O–H groups in total. The maximum atomic E-state index is 8.94. The zero-order chi connectivity index (χ0) is 4.85. The molecule has 2 aliphatic rings. The summed E-state index contributed by atoms with van der Waals surface area (Å²) in [6, 6.07) is 0. The molecule has 2 rings (SSSR count). The van der Waals surface area contributed by atoms with Gasteiger partial charge in [-0.25, -0.2) is 0 Å². The molecule has 1 nitrogen and oxygen atoms in total. The van der Waals surface area contributed by atoms with E-state index in [1.807, 2.05) is 0 Å². The summed E-state index contributed by atoms with van der Waals surface area (Å²) in [7, 11) is 0. The van der Waals surface area contributed by atoms with Gasteiger partial charge in [-0.05, 0) is 31.1 Å². The van der Waals surface area contributed by atoms with E-state index in [9.17, 15) is 0 Å². The molecule has 0 saturated heterocycles. The molecule has 0 aromatic heterocycles. The lowest BCUT2D eigenvalue weighted by Gasteiger charge is -2.50. The summed E-state index contributed by atoms with van der Waals surface area (Å²) in [6.45, 7) is 0. The SMILES string of the molecule is O[C@H]1C[C@H]2CC[C@H]21. The van der Waals surface area contributed by atoms with Crippen LogP contribution in [0.5, 0.6) is 0 Å². The zero-order valence-corrected chi connectivity index (χ0v) is 4.30. The van der Waals surface area contributed by atoms with Gasteiger partial charge in [-0.1, -0.05) is 0 Å². The van der Waals surface area contributed by atoms with Crippen LogP contribution in [0.25, 0.3) is 0 Å². The highest BCUT2D eigenvalue weighted by Crippen LogP contribution is 2.49. The molecule has 2 saturated carbocycles. The summed E-state index contributed by atoms with van der Waals surface area (Å²) in [5.41, 5.74) is 0. The minimum atomic E-state index is 0.0961. The summed E-state index contributed by atoms with van der Waals surface area (Å²) >= 11 is 0. The average molecular weight is 98.1 g/mol. The third-order valence-electron chi connectivity index (χ3n) is 2.51. The number of fused-ring (bicyclic) bond motifs is 1. The fraction of sp³-hybridized carbons (Fsp3) is 1.00. The number of aliphatic hydroxyl groups is 1. The summed E-state index contributed by atoms with van der Waals surface area (Å²) < 4.78 is 0. The predicted molar refractivity (Wildman–Crippen MR) is 26.8 cm³/mol. The molecule has 0 unspecified atom stereocenters. The first-order valence-corrected chi connectivity index (χ1v) is 3.06. The van der Waals surface area contributed by atoms with E-state index < -0.39 is 0 Å². The molecule has 7 heavy (non-hydrogen) atoms. The molecule has 0 radical (unpaired) electrons. The van der Waals surface area contributed by atoms with Gasteiger partial charge in [0.25, 0.3) is 0 Å². The van der Waals surface area contributed by atoms with Crippen molar-refractivity contribution in [1.82, 2.24) is 0 Å². The van der Waals surface area contributed by atoms with Gasteiger partial charge in [-0.3, -0.25) is 0 Å². The molecule has 0 heterocycles. The van der Waals surface area contributed by atoms with E-state index >= 15 is 0 Å². The van der Waals surface area contributed by atoms with E-state index in [0.717, 1.165) is 18.3 Å². The molecule has 0 amide bonds. The molecule has 40 valence electrons. The fourth-order valence-electron chi connectivity index (χ4n) is 1.68. The molecule has 2 aliphatic carbocycles. The van der Waals surface area contributed by atoms with E-state index in [4.69, 9.17) is 5.11 Å². The van der Waals surface area contributed by atoms with Gasteiger partial charge in [0.05, 0.1) is 6.10 Å². The van der Waals surface area contributed by atoms with Crippen molar-refractivity contribution < 1.29 is 5.11 Å². The van der Waals surface area contributed by atoms with Crippen molar-refractivity contribution in [1.29, 1.82) is 0 Å². The van der Waals surface area contributed by atoms with Crippen LogP contribution in [0.4, 0.5) is 0 Å². The van der Waals surface area contributed by atoms with E-state index in [-0.39, 0.29) is 6.10 Å². The maximum Gasteiger partial charge on any atom is 0.0573 e. The second-order valence-electron chi connectivity index (χ2n) is 2.80. The summed E-state index contributed by atoms with van der Waals surface area (Å²) in [5.74, 6) is 1.68. The Balaban J connectivity index is 1.99. The minimum absolute atomic E-state index is 0.0961. The molecule has 2 fully saturated rings. The largest absolute Gasteiger partial charge is 0.393 e. The topological polar surface area (TPSA) is 20.2 Å². The van der Waals surface area contributed by atoms with E-state index in [1.54, 1.807) is 0 Å². The first kappa shape index (κ1) is 3.90. The second kappa shape index (κ2) is 1.03. The fourth-order valence-corrected chi connectivity index (χ4v) is 1.68. The Labute approximate surface area is 43.3 Å². The van der Waals surface area contributed by atoms with Gasteiger partial charge in [-0.2, -0.15) is 0 Å². The Bertz CT molecular complexity index is 86.2. The van der Waals surface area contributed by atoms with E-state index in [2.05, 4.69) is 0 Å². The third-order valence-corrected chi connectivity index (χ3v) is 2.51. The lowest BCUT2D eigenvalue weighted by atomic mass is 9.58. The molecular weight excluding hydrogens is 88.1 g/mol. The molecule has 0 aromatic carbocycles. The standard InChI is InChI=1S/C6H10O/c7-6-3-4-1-2-5(4)6/h4-7H,1-3H2/t4-,5-,6+/m1/s1. The zero-order valence-electron chi connectivity index (χ0n) is 4.30. The first-order valence-electron chi connectivity index (χ1n) is 3.06. The Morgan fingerprint density at radius 1 is 1.29 bits per heavy atom. The van der Waals surface area contributed by atoms with Crippen molar-refractivity contribution in [2.45, 2.75) is 25.4 Å². The van der Waals surface area contributed by atoms with Gasteiger partial charge in [0.2, 0.25) is 0 Å².